The van der Waals surface area contributed by atoms with Crippen molar-refractivity contribution in [3.05, 3.63) is 39.9 Å². The Hall–Kier alpha value is -1.20. The first-order valence-corrected chi connectivity index (χ1v) is 9.02. The average molecular weight is 362 g/mol. The number of halogens is 1. The molecule has 0 radical (unpaired) electrons. The minimum atomic E-state index is 0.653. The second-order valence-electron chi connectivity index (χ2n) is 5.64. The van der Waals surface area contributed by atoms with Gasteiger partial charge in [0.05, 0.1) is 11.9 Å². The SMILES string of the molecule is Brc1cccc(-c2cn3nc(C4CCCCC4)sc3n2)c1. The van der Waals surface area contributed by atoms with E-state index >= 15 is 0 Å². The molecule has 0 N–H and O–H groups in total. The zero-order chi connectivity index (χ0) is 14.2. The average Bonchev–Trinajstić information content (AvgIpc) is 3.07. The van der Waals surface area contributed by atoms with Gasteiger partial charge in [-0.25, -0.2) is 9.50 Å². The lowest BCUT2D eigenvalue weighted by atomic mass is 9.90. The molecule has 1 fully saturated rings. The van der Waals surface area contributed by atoms with Gasteiger partial charge in [0.1, 0.15) is 5.01 Å². The molecule has 4 rings (SSSR count). The molecule has 2 aromatic heterocycles. The van der Waals surface area contributed by atoms with Crippen molar-refractivity contribution in [3.8, 4) is 11.3 Å². The molecule has 0 amide bonds. The summed E-state index contributed by atoms with van der Waals surface area (Å²) in [7, 11) is 0. The van der Waals surface area contributed by atoms with Gasteiger partial charge in [-0.2, -0.15) is 5.10 Å². The van der Waals surface area contributed by atoms with Crippen molar-refractivity contribution in [2.24, 2.45) is 0 Å². The fourth-order valence-corrected chi connectivity index (χ4v) is 4.47. The van der Waals surface area contributed by atoms with Gasteiger partial charge in [0.15, 0.2) is 0 Å². The van der Waals surface area contributed by atoms with Crippen LogP contribution in [0, 0.1) is 0 Å². The molecule has 0 aliphatic heterocycles. The summed E-state index contributed by atoms with van der Waals surface area (Å²) in [5.41, 5.74) is 2.12. The predicted molar refractivity (Wildman–Crippen MR) is 89.8 cm³/mol. The minimum Gasteiger partial charge on any atom is -0.217 e. The van der Waals surface area contributed by atoms with Gasteiger partial charge in [0.25, 0.3) is 0 Å². The van der Waals surface area contributed by atoms with Gasteiger partial charge >= 0.3 is 0 Å². The highest BCUT2D eigenvalue weighted by Gasteiger charge is 2.20. The number of nitrogens with zero attached hydrogens (tertiary/aromatic N) is 3. The Bertz CT molecular complexity index is 739. The van der Waals surface area contributed by atoms with E-state index in [0.717, 1.165) is 20.7 Å². The maximum atomic E-state index is 4.77. The molecular weight excluding hydrogens is 346 g/mol. The molecule has 3 nitrogen and oxygen atoms in total. The third-order valence-electron chi connectivity index (χ3n) is 4.13. The number of hydrogen-bond donors (Lipinski definition) is 0. The monoisotopic (exact) mass is 361 g/mol. The Labute approximate surface area is 136 Å². The quantitative estimate of drug-likeness (QED) is 0.622. The highest BCUT2D eigenvalue weighted by Crippen LogP contribution is 2.35. The van der Waals surface area contributed by atoms with Crippen molar-refractivity contribution in [1.29, 1.82) is 0 Å². The van der Waals surface area contributed by atoms with Crippen molar-refractivity contribution in [3.63, 3.8) is 0 Å². The summed E-state index contributed by atoms with van der Waals surface area (Å²) in [5, 5.41) is 6.03. The van der Waals surface area contributed by atoms with Crippen LogP contribution >= 0.6 is 27.3 Å². The summed E-state index contributed by atoms with van der Waals surface area (Å²) >= 11 is 5.26. The second kappa shape index (κ2) is 5.54. The zero-order valence-corrected chi connectivity index (χ0v) is 14.0. The van der Waals surface area contributed by atoms with Gasteiger partial charge in [0.2, 0.25) is 4.96 Å². The van der Waals surface area contributed by atoms with Crippen LogP contribution in [0.3, 0.4) is 0 Å². The van der Waals surface area contributed by atoms with E-state index < -0.39 is 0 Å². The van der Waals surface area contributed by atoms with Gasteiger partial charge in [-0.1, -0.05) is 58.7 Å². The number of fused-ring (bicyclic) bond motifs is 1. The molecule has 2 heterocycles. The predicted octanol–water partition coefficient (Wildman–Crippen LogP) is 5.27. The van der Waals surface area contributed by atoms with E-state index in [9.17, 15) is 0 Å². The Morgan fingerprint density at radius 1 is 1.19 bits per heavy atom. The van der Waals surface area contributed by atoms with Gasteiger partial charge in [-0.15, -0.1) is 0 Å². The van der Waals surface area contributed by atoms with E-state index in [1.807, 2.05) is 22.8 Å². The highest BCUT2D eigenvalue weighted by molar-refractivity contribution is 9.10. The molecule has 1 saturated carbocycles. The summed E-state index contributed by atoms with van der Waals surface area (Å²) in [5.74, 6) is 0.653. The third-order valence-corrected chi connectivity index (χ3v) is 5.71. The van der Waals surface area contributed by atoms with Crippen LogP contribution in [0.25, 0.3) is 16.2 Å². The lowest BCUT2D eigenvalue weighted by Crippen LogP contribution is -2.04. The first-order valence-electron chi connectivity index (χ1n) is 7.42. The van der Waals surface area contributed by atoms with Crippen molar-refractivity contribution < 1.29 is 0 Å². The Balaban J connectivity index is 1.67. The van der Waals surface area contributed by atoms with Gasteiger partial charge in [-0.05, 0) is 25.0 Å². The van der Waals surface area contributed by atoms with E-state index in [0.29, 0.717) is 5.92 Å². The van der Waals surface area contributed by atoms with Crippen LogP contribution < -0.4 is 0 Å². The highest BCUT2D eigenvalue weighted by atomic mass is 79.9. The molecule has 0 unspecified atom stereocenters. The van der Waals surface area contributed by atoms with Crippen LogP contribution in [0.2, 0.25) is 0 Å². The first kappa shape index (κ1) is 13.5. The lowest BCUT2D eigenvalue weighted by Gasteiger charge is -2.18. The topological polar surface area (TPSA) is 30.2 Å². The van der Waals surface area contributed by atoms with Crippen LogP contribution in [0.1, 0.15) is 43.0 Å². The minimum absolute atomic E-state index is 0.653. The normalized spacial score (nSPS) is 16.6. The fraction of sp³-hybridized carbons (Fsp3) is 0.375. The molecule has 0 saturated heterocycles. The summed E-state index contributed by atoms with van der Waals surface area (Å²) < 4.78 is 3.03. The molecule has 0 atom stereocenters. The number of hydrogen-bond acceptors (Lipinski definition) is 3. The molecule has 21 heavy (non-hydrogen) atoms. The second-order valence-corrected chi connectivity index (χ2v) is 7.54. The van der Waals surface area contributed by atoms with E-state index in [4.69, 9.17) is 10.1 Å². The summed E-state index contributed by atoms with van der Waals surface area (Å²) in [6, 6.07) is 8.24. The standard InChI is InChI=1S/C16H16BrN3S/c17-13-8-4-7-12(9-13)14-10-20-16(18-14)21-15(19-20)11-5-2-1-3-6-11/h4,7-11H,1-3,5-6H2. The van der Waals surface area contributed by atoms with Crippen LogP contribution in [-0.4, -0.2) is 14.6 Å². The molecule has 5 heteroatoms. The van der Waals surface area contributed by atoms with E-state index in [1.165, 1.54) is 37.1 Å². The number of rotatable bonds is 2. The molecular formula is C16H16BrN3S. The van der Waals surface area contributed by atoms with Crippen LogP contribution in [0.15, 0.2) is 34.9 Å². The Kier molecular flexibility index (Phi) is 3.55. The molecule has 108 valence electrons. The maximum Gasteiger partial charge on any atom is 0.212 e. The third kappa shape index (κ3) is 2.64. The first-order chi connectivity index (χ1) is 10.3. The molecule has 1 aliphatic carbocycles. The molecule has 1 aromatic carbocycles. The van der Waals surface area contributed by atoms with E-state index in [1.54, 1.807) is 11.3 Å². The van der Waals surface area contributed by atoms with Gasteiger partial charge < -0.3 is 0 Å². The molecule has 0 bridgehead atoms. The van der Waals surface area contributed by atoms with Crippen molar-refractivity contribution in [2.75, 3.05) is 0 Å². The summed E-state index contributed by atoms with van der Waals surface area (Å²) in [6.07, 6.45) is 8.68. The smallest absolute Gasteiger partial charge is 0.212 e. The largest absolute Gasteiger partial charge is 0.217 e. The van der Waals surface area contributed by atoms with Gasteiger partial charge in [-0.3, -0.25) is 0 Å². The number of benzene rings is 1. The van der Waals surface area contributed by atoms with Crippen LogP contribution in [0.4, 0.5) is 0 Å². The van der Waals surface area contributed by atoms with Crippen LogP contribution in [0.5, 0.6) is 0 Å². The van der Waals surface area contributed by atoms with Crippen molar-refractivity contribution >= 4 is 32.2 Å². The maximum absolute atomic E-state index is 4.77. The zero-order valence-electron chi connectivity index (χ0n) is 11.6. The fourth-order valence-electron chi connectivity index (χ4n) is 3.02. The van der Waals surface area contributed by atoms with Crippen molar-refractivity contribution in [1.82, 2.24) is 14.6 Å². The Morgan fingerprint density at radius 3 is 2.81 bits per heavy atom. The van der Waals surface area contributed by atoms with E-state index in [2.05, 4.69) is 28.1 Å². The Morgan fingerprint density at radius 2 is 2.05 bits per heavy atom. The van der Waals surface area contributed by atoms with Crippen molar-refractivity contribution in [2.45, 2.75) is 38.0 Å². The van der Waals surface area contributed by atoms with Gasteiger partial charge in [0, 0.05) is 16.0 Å². The van der Waals surface area contributed by atoms with E-state index in [-0.39, 0.29) is 0 Å². The lowest BCUT2D eigenvalue weighted by molar-refractivity contribution is 0.439. The number of imidazole rings is 1. The molecule has 0 spiro atoms. The van der Waals surface area contributed by atoms with Crippen LogP contribution in [-0.2, 0) is 0 Å². The molecule has 1 aliphatic rings. The summed E-state index contributed by atoms with van der Waals surface area (Å²) in [4.78, 5) is 5.74. The number of aromatic nitrogens is 3. The molecule has 3 aromatic rings. The summed E-state index contributed by atoms with van der Waals surface area (Å²) in [6.45, 7) is 0.